The second-order valence-electron chi connectivity index (χ2n) is 6.29. The summed E-state index contributed by atoms with van der Waals surface area (Å²) in [6.45, 7) is 4.15. The number of phenolic OH excluding ortho intramolecular Hbond substituents is 1. The van der Waals surface area contributed by atoms with Crippen LogP contribution in [-0.4, -0.2) is 33.2 Å². The van der Waals surface area contributed by atoms with E-state index < -0.39 is 23.4 Å². The van der Waals surface area contributed by atoms with Crippen LogP contribution in [0.4, 0.5) is 0 Å². The highest BCUT2D eigenvalue weighted by molar-refractivity contribution is 6.05. The van der Waals surface area contributed by atoms with Gasteiger partial charge in [0.2, 0.25) is 0 Å². The molecule has 0 saturated heterocycles. The van der Waals surface area contributed by atoms with E-state index in [4.69, 9.17) is 0 Å². The van der Waals surface area contributed by atoms with Crippen molar-refractivity contribution in [3.8, 4) is 5.75 Å². The number of aliphatic hydroxyl groups is 1. The number of ketones is 3. The topological polar surface area (TPSA) is 91.7 Å². The third kappa shape index (κ3) is 2.81. The number of aromatic hydroxyl groups is 1. The fourth-order valence-corrected chi connectivity index (χ4v) is 3.60. The lowest BCUT2D eigenvalue weighted by molar-refractivity contribution is -0.151. The van der Waals surface area contributed by atoms with Crippen molar-refractivity contribution in [1.29, 1.82) is 0 Å². The van der Waals surface area contributed by atoms with Gasteiger partial charge in [0.25, 0.3) is 0 Å². The Morgan fingerprint density at radius 3 is 2.14 bits per heavy atom. The Balaban J connectivity index is 2.61. The van der Waals surface area contributed by atoms with Crippen molar-refractivity contribution in [3.05, 3.63) is 29.8 Å². The van der Waals surface area contributed by atoms with Crippen LogP contribution in [0.25, 0.3) is 0 Å². The standard InChI is InChI=1S/C17H20O5/c1-9(18)14-13(21)8-17(3,22)16(10(2)19)15(14)11-4-6-12(20)7-5-11/h4-7,14-16,20,22H,8H2,1-3H3/t14-,15+,16-,17-/m0/s1. The molecule has 2 N–H and O–H groups in total. The number of carbonyl (C=O) groups excluding carboxylic acids is 3. The van der Waals surface area contributed by atoms with E-state index in [0.717, 1.165) is 0 Å². The number of hydrogen-bond acceptors (Lipinski definition) is 5. The summed E-state index contributed by atoms with van der Waals surface area (Å²) >= 11 is 0. The largest absolute Gasteiger partial charge is 0.508 e. The minimum Gasteiger partial charge on any atom is -0.508 e. The maximum absolute atomic E-state index is 12.3. The molecule has 1 aliphatic carbocycles. The second kappa shape index (κ2) is 5.65. The van der Waals surface area contributed by atoms with Crippen LogP contribution < -0.4 is 0 Å². The number of Topliss-reactive ketones (excluding diaryl/α,β-unsaturated/α-hetero) is 3. The van der Waals surface area contributed by atoms with Gasteiger partial charge in [-0.25, -0.2) is 0 Å². The molecule has 0 aliphatic heterocycles. The van der Waals surface area contributed by atoms with Crippen molar-refractivity contribution in [2.75, 3.05) is 0 Å². The van der Waals surface area contributed by atoms with Crippen LogP contribution in [0.2, 0.25) is 0 Å². The molecule has 1 aromatic carbocycles. The summed E-state index contributed by atoms with van der Waals surface area (Å²) in [4.78, 5) is 36.4. The molecule has 5 heteroatoms. The van der Waals surface area contributed by atoms with E-state index in [1.165, 1.54) is 32.9 Å². The van der Waals surface area contributed by atoms with Crippen LogP contribution in [0.3, 0.4) is 0 Å². The van der Waals surface area contributed by atoms with Gasteiger partial charge in [0.15, 0.2) is 0 Å². The summed E-state index contributed by atoms with van der Waals surface area (Å²) in [6.07, 6.45) is -0.212. The lowest BCUT2D eigenvalue weighted by Gasteiger charge is -2.44. The van der Waals surface area contributed by atoms with Crippen LogP contribution in [0, 0.1) is 11.8 Å². The normalized spacial score (nSPS) is 31.8. The molecule has 1 aromatic rings. The van der Waals surface area contributed by atoms with E-state index in [-0.39, 0.29) is 29.5 Å². The van der Waals surface area contributed by atoms with Crippen LogP contribution >= 0.6 is 0 Å². The van der Waals surface area contributed by atoms with Gasteiger partial charge in [0.05, 0.1) is 17.4 Å². The van der Waals surface area contributed by atoms with E-state index in [1.807, 2.05) is 0 Å². The van der Waals surface area contributed by atoms with E-state index in [2.05, 4.69) is 0 Å². The van der Waals surface area contributed by atoms with Gasteiger partial charge in [-0.2, -0.15) is 0 Å². The van der Waals surface area contributed by atoms with Crippen LogP contribution in [-0.2, 0) is 14.4 Å². The summed E-state index contributed by atoms with van der Waals surface area (Å²) in [5.41, 5.74) is -0.899. The lowest BCUT2D eigenvalue weighted by Crippen LogP contribution is -2.53. The molecular formula is C17H20O5. The molecule has 0 spiro atoms. The Morgan fingerprint density at radius 2 is 1.68 bits per heavy atom. The second-order valence-corrected chi connectivity index (χ2v) is 6.29. The fraction of sp³-hybridized carbons (Fsp3) is 0.471. The van der Waals surface area contributed by atoms with Crippen molar-refractivity contribution >= 4 is 17.3 Å². The van der Waals surface area contributed by atoms with Gasteiger partial charge in [-0.05, 0) is 38.5 Å². The predicted molar refractivity (Wildman–Crippen MR) is 79.4 cm³/mol. The molecule has 0 bridgehead atoms. The maximum atomic E-state index is 12.3. The Labute approximate surface area is 129 Å². The van der Waals surface area contributed by atoms with Crippen molar-refractivity contribution in [2.24, 2.45) is 11.8 Å². The van der Waals surface area contributed by atoms with Crippen molar-refractivity contribution in [3.63, 3.8) is 0 Å². The van der Waals surface area contributed by atoms with Crippen molar-refractivity contribution < 1.29 is 24.6 Å². The van der Waals surface area contributed by atoms with Gasteiger partial charge >= 0.3 is 0 Å². The van der Waals surface area contributed by atoms with Gasteiger partial charge in [-0.3, -0.25) is 14.4 Å². The first kappa shape index (κ1) is 16.4. The quantitative estimate of drug-likeness (QED) is 0.828. The van der Waals surface area contributed by atoms with Crippen molar-refractivity contribution in [2.45, 2.75) is 38.7 Å². The summed E-state index contributed by atoms with van der Waals surface area (Å²) in [6, 6.07) is 6.05. The Hall–Kier alpha value is -2.01. The SMILES string of the molecule is CC(=O)[C@H]1C(=O)C[C@](C)(O)[C@@H](C(C)=O)[C@@H]1c1ccc(O)cc1. The highest BCUT2D eigenvalue weighted by atomic mass is 16.3. The third-order valence-electron chi connectivity index (χ3n) is 4.42. The average molecular weight is 304 g/mol. The molecule has 1 fully saturated rings. The predicted octanol–water partition coefficient (Wildman–Crippen LogP) is 1.61. The van der Waals surface area contributed by atoms with E-state index in [9.17, 15) is 24.6 Å². The van der Waals surface area contributed by atoms with Crippen LogP contribution in [0.5, 0.6) is 5.75 Å². The zero-order valence-corrected chi connectivity index (χ0v) is 12.9. The van der Waals surface area contributed by atoms with Gasteiger partial charge in [-0.1, -0.05) is 12.1 Å². The molecule has 5 nitrogen and oxygen atoms in total. The minimum absolute atomic E-state index is 0.0522. The highest BCUT2D eigenvalue weighted by Gasteiger charge is 2.53. The lowest BCUT2D eigenvalue weighted by atomic mass is 9.60. The van der Waals surface area contributed by atoms with Gasteiger partial charge in [-0.15, -0.1) is 0 Å². The van der Waals surface area contributed by atoms with Gasteiger partial charge < -0.3 is 10.2 Å². The molecule has 0 heterocycles. The zero-order chi connectivity index (χ0) is 16.7. The number of carbonyl (C=O) groups is 3. The molecule has 0 unspecified atom stereocenters. The Kier molecular flexibility index (Phi) is 4.20. The molecular weight excluding hydrogens is 284 g/mol. The van der Waals surface area contributed by atoms with E-state index in [0.29, 0.717) is 5.56 Å². The highest BCUT2D eigenvalue weighted by Crippen LogP contribution is 2.46. The Morgan fingerprint density at radius 1 is 1.14 bits per heavy atom. The summed E-state index contributed by atoms with van der Waals surface area (Å²) in [5, 5.41) is 20.0. The molecule has 0 radical (unpaired) electrons. The monoisotopic (exact) mass is 304 g/mol. The van der Waals surface area contributed by atoms with E-state index >= 15 is 0 Å². The third-order valence-corrected chi connectivity index (χ3v) is 4.42. The number of benzene rings is 1. The van der Waals surface area contributed by atoms with Crippen LogP contribution in [0.1, 0.15) is 38.7 Å². The van der Waals surface area contributed by atoms with Crippen molar-refractivity contribution in [1.82, 2.24) is 0 Å². The van der Waals surface area contributed by atoms with Crippen LogP contribution in [0.15, 0.2) is 24.3 Å². The molecule has 118 valence electrons. The number of rotatable bonds is 3. The summed E-state index contributed by atoms with van der Waals surface area (Å²) in [5.74, 6) is -3.38. The molecule has 0 aromatic heterocycles. The summed E-state index contributed by atoms with van der Waals surface area (Å²) < 4.78 is 0. The van der Waals surface area contributed by atoms with E-state index in [1.54, 1.807) is 12.1 Å². The molecule has 22 heavy (non-hydrogen) atoms. The molecule has 0 amide bonds. The molecule has 2 rings (SSSR count). The number of hydrogen-bond donors (Lipinski definition) is 2. The smallest absolute Gasteiger partial charge is 0.146 e. The number of phenols is 1. The first-order valence-electron chi connectivity index (χ1n) is 7.20. The minimum atomic E-state index is -1.49. The molecule has 1 aliphatic rings. The average Bonchev–Trinajstić information content (AvgIpc) is 2.36. The van der Waals surface area contributed by atoms with Gasteiger partial charge in [0.1, 0.15) is 23.1 Å². The summed E-state index contributed by atoms with van der Waals surface area (Å²) in [7, 11) is 0. The first-order valence-corrected chi connectivity index (χ1v) is 7.20. The fourth-order valence-electron chi connectivity index (χ4n) is 3.60. The Bertz CT molecular complexity index is 614. The first-order chi connectivity index (χ1) is 10.1. The zero-order valence-electron chi connectivity index (χ0n) is 12.9. The molecule has 1 saturated carbocycles. The maximum Gasteiger partial charge on any atom is 0.146 e. The van der Waals surface area contributed by atoms with Gasteiger partial charge in [0, 0.05) is 12.3 Å². The molecule has 4 atom stereocenters.